The maximum absolute atomic E-state index is 9.14. The van der Waals surface area contributed by atoms with Gasteiger partial charge in [-0.15, -0.1) is 5.10 Å². The van der Waals surface area contributed by atoms with Gasteiger partial charge in [0.2, 0.25) is 5.95 Å². The van der Waals surface area contributed by atoms with Crippen LogP contribution in [-0.2, 0) is 11.3 Å². The number of benzene rings is 2. The van der Waals surface area contributed by atoms with Gasteiger partial charge in [0.15, 0.2) is 0 Å². The number of anilines is 1. The largest absolute Gasteiger partial charge is 0.491 e. The van der Waals surface area contributed by atoms with E-state index in [4.69, 9.17) is 20.5 Å². The summed E-state index contributed by atoms with van der Waals surface area (Å²) < 4.78 is 12.3. The van der Waals surface area contributed by atoms with E-state index in [0.29, 0.717) is 42.4 Å². The van der Waals surface area contributed by atoms with Gasteiger partial charge >= 0.3 is 0 Å². The minimum atomic E-state index is 0.124. The average molecular weight is 427 g/mol. The van der Waals surface area contributed by atoms with Gasteiger partial charge in [0, 0.05) is 12.7 Å². The van der Waals surface area contributed by atoms with E-state index < -0.39 is 0 Å². The molecule has 9 heteroatoms. The zero-order chi connectivity index (χ0) is 22.3. The number of nitriles is 1. The van der Waals surface area contributed by atoms with E-state index in [1.54, 1.807) is 42.3 Å². The maximum atomic E-state index is 9.14. The Bertz CT molecular complexity index is 1250. The van der Waals surface area contributed by atoms with Crippen LogP contribution in [0, 0.1) is 11.3 Å². The summed E-state index contributed by atoms with van der Waals surface area (Å²) in [5.74, 6) is 0.910. The monoisotopic (exact) mass is 427 g/mol. The first-order valence-corrected chi connectivity index (χ1v) is 9.91. The van der Waals surface area contributed by atoms with Crippen LogP contribution in [0.2, 0.25) is 0 Å². The summed E-state index contributed by atoms with van der Waals surface area (Å²) in [5, 5.41) is 17.6. The van der Waals surface area contributed by atoms with E-state index in [9.17, 15) is 0 Å². The molecule has 0 amide bonds. The van der Waals surface area contributed by atoms with Gasteiger partial charge in [-0.2, -0.15) is 5.26 Å². The van der Waals surface area contributed by atoms with Gasteiger partial charge in [0.05, 0.1) is 42.4 Å². The van der Waals surface area contributed by atoms with Crippen molar-refractivity contribution in [3.63, 3.8) is 0 Å². The maximum Gasteiger partial charge on any atom is 0.221 e. The Hall–Kier alpha value is -4.29. The fourth-order valence-electron chi connectivity index (χ4n) is 3.11. The fourth-order valence-corrected chi connectivity index (χ4v) is 3.11. The number of hydrogen-bond donors (Lipinski definition) is 1. The Morgan fingerprint density at radius 2 is 1.81 bits per heavy atom. The molecule has 0 aliphatic rings. The van der Waals surface area contributed by atoms with E-state index >= 15 is 0 Å². The smallest absolute Gasteiger partial charge is 0.221 e. The molecular formula is C23H21N7O2. The van der Waals surface area contributed by atoms with Crippen LogP contribution in [0.15, 0.2) is 60.8 Å². The molecule has 0 bridgehead atoms. The minimum absolute atomic E-state index is 0.124. The molecule has 2 N–H and O–H groups in total. The second-order valence-corrected chi connectivity index (χ2v) is 6.98. The molecule has 4 aromatic rings. The number of nitrogens with two attached hydrogens (primary N) is 1. The number of nitrogen functional groups attached to an aromatic ring is 1. The number of aromatic nitrogens is 5. The Morgan fingerprint density at radius 1 is 1.00 bits per heavy atom. The lowest BCUT2D eigenvalue weighted by Gasteiger charge is -2.06. The van der Waals surface area contributed by atoms with Crippen molar-refractivity contribution in [1.82, 2.24) is 25.0 Å². The van der Waals surface area contributed by atoms with E-state index in [0.717, 1.165) is 16.9 Å². The zero-order valence-corrected chi connectivity index (χ0v) is 17.5. The van der Waals surface area contributed by atoms with Crippen molar-refractivity contribution in [2.75, 3.05) is 26.1 Å². The van der Waals surface area contributed by atoms with Crippen molar-refractivity contribution in [1.29, 1.82) is 5.26 Å². The average Bonchev–Trinajstić information content (AvgIpc) is 3.28. The molecule has 0 aliphatic carbocycles. The first-order valence-electron chi connectivity index (χ1n) is 9.91. The second-order valence-electron chi connectivity index (χ2n) is 6.98. The van der Waals surface area contributed by atoms with Crippen LogP contribution in [0.1, 0.15) is 11.1 Å². The molecule has 4 rings (SSSR count). The Balaban J connectivity index is 1.51. The van der Waals surface area contributed by atoms with Crippen molar-refractivity contribution in [2.45, 2.75) is 6.54 Å². The highest BCUT2D eigenvalue weighted by atomic mass is 16.5. The summed E-state index contributed by atoms with van der Waals surface area (Å²) in [4.78, 5) is 8.60. The third kappa shape index (κ3) is 5.06. The van der Waals surface area contributed by atoms with E-state index in [2.05, 4.69) is 26.3 Å². The zero-order valence-electron chi connectivity index (χ0n) is 17.5. The predicted octanol–water partition coefficient (Wildman–Crippen LogP) is 2.93. The van der Waals surface area contributed by atoms with Gasteiger partial charge < -0.3 is 15.2 Å². The lowest BCUT2D eigenvalue weighted by molar-refractivity contribution is 0.146. The van der Waals surface area contributed by atoms with E-state index in [-0.39, 0.29) is 5.95 Å². The molecule has 0 radical (unpaired) electrons. The summed E-state index contributed by atoms with van der Waals surface area (Å²) >= 11 is 0. The van der Waals surface area contributed by atoms with Gasteiger partial charge in [-0.25, -0.2) is 14.6 Å². The van der Waals surface area contributed by atoms with Gasteiger partial charge in [0.25, 0.3) is 0 Å². The summed E-state index contributed by atoms with van der Waals surface area (Å²) in [6, 6.07) is 18.9. The molecule has 0 unspecified atom stereocenters. The van der Waals surface area contributed by atoms with E-state index in [1.807, 2.05) is 30.3 Å². The standard InChI is InChI=1S/C23H21N7O2/c1-31-9-10-32-19-7-5-16(6-8-19)14-30-15-22(28-29-30)21-12-20(26-23(25)27-21)18-4-2-3-17(11-18)13-24/h2-8,11-12,15H,9-10,14H2,1H3,(H2,25,26,27). The first-order chi connectivity index (χ1) is 15.6. The lowest BCUT2D eigenvalue weighted by Crippen LogP contribution is -2.04. The number of rotatable bonds is 8. The fraction of sp³-hybridized carbons (Fsp3) is 0.174. The molecule has 2 aromatic carbocycles. The molecule has 0 aliphatic heterocycles. The summed E-state index contributed by atoms with van der Waals surface area (Å²) in [7, 11) is 1.64. The molecule has 32 heavy (non-hydrogen) atoms. The highest BCUT2D eigenvalue weighted by molar-refractivity contribution is 5.68. The van der Waals surface area contributed by atoms with Crippen molar-refractivity contribution in [3.05, 3.63) is 71.9 Å². The second kappa shape index (κ2) is 9.68. The number of nitrogens with zero attached hydrogens (tertiary/aromatic N) is 6. The van der Waals surface area contributed by atoms with Crippen molar-refractivity contribution < 1.29 is 9.47 Å². The molecular weight excluding hydrogens is 406 g/mol. The third-order valence-electron chi connectivity index (χ3n) is 4.66. The Morgan fingerprint density at radius 3 is 2.59 bits per heavy atom. The predicted molar refractivity (Wildman–Crippen MR) is 119 cm³/mol. The molecule has 0 saturated heterocycles. The highest BCUT2D eigenvalue weighted by Gasteiger charge is 2.11. The molecule has 2 heterocycles. The van der Waals surface area contributed by atoms with Crippen LogP contribution in [0.4, 0.5) is 5.95 Å². The van der Waals surface area contributed by atoms with Crippen LogP contribution in [0.25, 0.3) is 22.6 Å². The lowest BCUT2D eigenvalue weighted by atomic mass is 10.1. The van der Waals surface area contributed by atoms with Crippen LogP contribution in [0.3, 0.4) is 0 Å². The van der Waals surface area contributed by atoms with Crippen LogP contribution in [0.5, 0.6) is 5.75 Å². The van der Waals surface area contributed by atoms with Crippen LogP contribution >= 0.6 is 0 Å². The van der Waals surface area contributed by atoms with Gasteiger partial charge in [-0.3, -0.25) is 0 Å². The Labute approximate surface area is 185 Å². The number of methoxy groups -OCH3 is 1. The van der Waals surface area contributed by atoms with Gasteiger partial charge in [0.1, 0.15) is 18.1 Å². The summed E-state index contributed by atoms with van der Waals surface area (Å²) in [6.45, 7) is 1.60. The molecule has 0 spiro atoms. The minimum Gasteiger partial charge on any atom is -0.491 e. The number of hydrogen-bond acceptors (Lipinski definition) is 8. The van der Waals surface area contributed by atoms with Crippen molar-refractivity contribution in [2.24, 2.45) is 0 Å². The van der Waals surface area contributed by atoms with Crippen molar-refractivity contribution in [3.8, 4) is 34.5 Å². The highest BCUT2D eigenvalue weighted by Crippen LogP contribution is 2.24. The first kappa shape index (κ1) is 21.0. The summed E-state index contributed by atoms with van der Waals surface area (Å²) in [5.41, 5.74) is 10.1. The van der Waals surface area contributed by atoms with Crippen LogP contribution in [-0.4, -0.2) is 45.3 Å². The van der Waals surface area contributed by atoms with Crippen molar-refractivity contribution >= 4 is 5.95 Å². The third-order valence-corrected chi connectivity index (χ3v) is 4.66. The summed E-state index contributed by atoms with van der Waals surface area (Å²) in [6.07, 6.45) is 1.81. The molecule has 0 atom stereocenters. The topological polar surface area (TPSA) is 125 Å². The van der Waals surface area contributed by atoms with Gasteiger partial charge in [-0.1, -0.05) is 29.5 Å². The molecule has 2 aromatic heterocycles. The molecule has 160 valence electrons. The molecule has 0 fully saturated rings. The number of ether oxygens (including phenoxy) is 2. The quantitative estimate of drug-likeness (QED) is 0.426. The molecule has 0 saturated carbocycles. The Kier molecular flexibility index (Phi) is 6.34. The van der Waals surface area contributed by atoms with Crippen LogP contribution < -0.4 is 10.5 Å². The van der Waals surface area contributed by atoms with Gasteiger partial charge in [-0.05, 0) is 35.9 Å². The SMILES string of the molecule is COCCOc1ccc(Cn2cc(-c3cc(-c4cccc(C#N)c4)nc(N)n3)nn2)cc1. The molecule has 9 nitrogen and oxygen atoms in total. The normalized spacial score (nSPS) is 10.6. The van der Waals surface area contributed by atoms with E-state index in [1.165, 1.54) is 0 Å².